The van der Waals surface area contributed by atoms with E-state index in [1.54, 1.807) is 36.3 Å². The van der Waals surface area contributed by atoms with Gasteiger partial charge in [-0.3, -0.25) is 9.59 Å². The van der Waals surface area contributed by atoms with Crippen molar-refractivity contribution in [2.75, 3.05) is 26.8 Å². The minimum absolute atomic E-state index is 0.00877. The Hall–Kier alpha value is -3.13. The summed E-state index contributed by atoms with van der Waals surface area (Å²) in [5.41, 5.74) is 6.21. The van der Waals surface area contributed by atoms with Crippen molar-refractivity contribution in [1.82, 2.24) is 9.88 Å². The summed E-state index contributed by atoms with van der Waals surface area (Å²) < 4.78 is 16.4. The third kappa shape index (κ3) is 4.77. The number of pyridine rings is 1. The first kappa shape index (κ1) is 19.6. The number of carbonyl (C=O) groups excluding carboxylic acids is 2. The maximum atomic E-state index is 12.2. The van der Waals surface area contributed by atoms with E-state index in [9.17, 15) is 9.59 Å². The van der Waals surface area contributed by atoms with Gasteiger partial charge in [-0.2, -0.15) is 4.98 Å². The Balaban J connectivity index is 1.75. The molecule has 8 nitrogen and oxygen atoms in total. The average molecular weight is 385 g/mol. The summed E-state index contributed by atoms with van der Waals surface area (Å²) in [6.07, 6.45) is 0.780. The number of primary amides is 1. The van der Waals surface area contributed by atoms with Crippen LogP contribution in [-0.4, -0.2) is 54.6 Å². The fourth-order valence-corrected chi connectivity index (χ4v) is 2.70. The van der Waals surface area contributed by atoms with Gasteiger partial charge in [-0.1, -0.05) is 0 Å². The molecular weight excluding hydrogens is 362 g/mol. The van der Waals surface area contributed by atoms with E-state index in [-0.39, 0.29) is 29.3 Å². The number of likely N-dealkylation sites (tertiary alicyclic amines) is 1. The number of ether oxygens (including phenoxy) is 3. The summed E-state index contributed by atoms with van der Waals surface area (Å²) >= 11 is 0. The van der Waals surface area contributed by atoms with E-state index in [0.29, 0.717) is 17.9 Å². The van der Waals surface area contributed by atoms with Gasteiger partial charge in [-0.05, 0) is 37.6 Å². The Morgan fingerprint density at radius 3 is 2.39 bits per heavy atom. The molecule has 2 aromatic rings. The SMILES string of the molecule is COC[C@@H](C)Oc1cc(C(N)=O)cc(Oc2ccc(C(=O)N3CCC3)cc2)n1. The van der Waals surface area contributed by atoms with E-state index in [0.717, 1.165) is 19.5 Å². The standard InChI is InChI=1S/C20H23N3O5/c1-13(12-26-2)27-17-10-15(19(21)24)11-18(22-17)28-16-6-4-14(5-7-16)20(25)23-8-3-9-23/h4-7,10-11,13H,3,8-9,12H2,1-2H3,(H2,21,24)/t13-/m1/s1. The van der Waals surface area contributed by atoms with E-state index >= 15 is 0 Å². The van der Waals surface area contributed by atoms with Crippen LogP contribution >= 0.6 is 0 Å². The highest BCUT2D eigenvalue weighted by Gasteiger charge is 2.21. The lowest BCUT2D eigenvalue weighted by Gasteiger charge is -2.30. The van der Waals surface area contributed by atoms with Gasteiger partial charge in [-0.25, -0.2) is 0 Å². The summed E-state index contributed by atoms with van der Waals surface area (Å²) in [7, 11) is 1.57. The van der Waals surface area contributed by atoms with Gasteiger partial charge >= 0.3 is 0 Å². The number of amides is 2. The lowest BCUT2D eigenvalue weighted by atomic mass is 10.1. The smallest absolute Gasteiger partial charge is 0.253 e. The molecule has 1 aliphatic rings. The average Bonchev–Trinajstić information content (AvgIpc) is 2.60. The van der Waals surface area contributed by atoms with Gasteiger partial charge in [0.15, 0.2) is 0 Å². The van der Waals surface area contributed by atoms with Crippen LogP contribution in [0.2, 0.25) is 0 Å². The van der Waals surface area contributed by atoms with E-state index in [4.69, 9.17) is 19.9 Å². The third-order valence-electron chi connectivity index (χ3n) is 4.25. The van der Waals surface area contributed by atoms with Crippen LogP contribution in [0.5, 0.6) is 17.5 Å². The molecule has 0 spiro atoms. The van der Waals surface area contributed by atoms with Gasteiger partial charge in [0.2, 0.25) is 17.7 Å². The van der Waals surface area contributed by atoms with Gasteiger partial charge in [0.25, 0.3) is 5.91 Å². The van der Waals surface area contributed by atoms with E-state index in [1.165, 1.54) is 12.1 Å². The predicted molar refractivity (Wildman–Crippen MR) is 102 cm³/mol. The van der Waals surface area contributed by atoms with Crippen LogP contribution in [0.15, 0.2) is 36.4 Å². The number of carbonyl (C=O) groups is 2. The first-order chi connectivity index (χ1) is 13.5. The van der Waals surface area contributed by atoms with Crippen molar-refractivity contribution in [3.8, 4) is 17.5 Å². The molecule has 28 heavy (non-hydrogen) atoms. The molecule has 2 N–H and O–H groups in total. The molecule has 2 heterocycles. The molecule has 1 aromatic carbocycles. The number of hydrogen-bond donors (Lipinski definition) is 1. The summed E-state index contributed by atoms with van der Waals surface area (Å²) in [6, 6.07) is 9.66. The highest BCUT2D eigenvalue weighted by atomic mass is 16.5. The zero-order valence-corrected chi connectivity index (χ0v) is 15.9. The number of rotatable bonds is 8. The molecular formula is C20H23N3O5. The first-order valence-electron chi connectivity index (χ1n) is 9.01. The first-order valence-corrected chi connectivity index (χ1v) is 9.01. The molecule has 0 bridgehead atoms. The number of hydrogen-bond acceptors (Lipinski definition) is 6. The maximum Gasteiger partial charge on any atom is 0.253 e. The molecule has 1 atom stereocenters. The molecule has 3 rings (SSSR count). The summed E-state index contributed by atoms with van der Waals surface area (Å²) in [6.45, 7) is 3.78. The summed E-state index contributed by atoms with van der Waals surface area (Å²) in [5.74, 6) is 0.241. The maximum absolute atomic E-state index is 12.2. The van der Waals surface area contributed by atoms with Crippen LogP contribution in [0.1, 0.15) is 34.1 Å². The summed E-state index contributed by atoms with van der Waals surface area (Å²) in [4.78, 5) is 29.9. The molecule has 148 valence electrons. The normalized spacial score (nSPS) is 14.1. The molecule has 1 aliphatic heterocycles. The number of benzene rings is 1. The van der Waals surface area contributed by atoms with E-state index in [1.807, 2.05) is 6.92 Å². The molecule has 1 fully saturated rings. The zero-order valence-electron chi connectivity index (χ0n) is 15.9. The fraction of sp³-hybridized carbons (Fsp3) is 0.350. The lowest BCUT2D eigenvalue weighted by Crippen LogP contribution is -2.41. The lowest BCUT2D eigenvalue weighted by molar-refractivity contribution is 0.0651. The van der Waals surface area contributed by atoms with Crippen molar-refractivity contribution in [3.05, 3.63) is 47.5 Å². The van der Waals surface area contributed by atoms with Crippen molar-refractivity contribution in [2.45, 2.75) is 19.4 Å². The van der Waals surface area contributed by atoms with Crippen LogP contribution in [0, 0.1) is 0 Å². The highest BCUT2D eigenvalue weighted by Crippen LogP contribution is 2.25. The molecule has 0 radical (unpaired) electrons. The van der Waals surface area contributed by atoms with Crippen molar-refractivity contribution < 1.29 is 23.8 Å². The van der Waals surface area contributed by atoms with Crippen molar-refractivity contribution in [1.29, 1.82) is 0 Å². The second kappa shape index (κ2) is 8.71. The van der Waals surface area contributed by atoms with Crippen LogP contribution in [0.25, 0.3) is 0 Å². The Bertz CT molecular complexity index is 849. The van der Waals surface area contributed by atoms with Crippen molar-refractivity contribution in [3.63, 3.8) is 0 Å². The molecule has 0 saturated carbocycles. The van der Waals surface area contributed by atoms with Crippen LogP contribution in [0.4, 0.5) is 0 Å². The van der Waals surface area contributed by atoms with Gasteiger partial charge in [0.05, 0.1) is 6.61 Å². The predicted octanol–water partition coefficient (Wildman–Crippen LogP) is 2.23. The molecule has 2 amide bonds. The number of nitrogens with two attached hydrogens (primary N) is 1. The topological polar surface area (TPSA) is 104 Å². The number of nitrogens with zero attached hydrogens (tertiary/aromatic N) is 2. The molecule has 0 aliphatic carbocycles. The second-order valence-electron chi connectivity index (χ2n) is 6.55. The van der Waals surface area contributed by atoms with Crippen LogP contribution in [0.3, 0.4) is 0 Å². The van der Waals surface area contributed by atoms with Gasteiger partial charge < -0.3 is 24.8 Å². The van der Waals surface area contributed by atoms with Crippen LogP contribution < -0.4 is 15.2 Å². The quantitative estimate of drug-likeness (QED) is 0.747. The highest BCUT2D eigenvalue weighted by molar-refractivity contribution is 5.95. The minimum atomic E-state index is -0.619. The Morgan fingerprint density at radius 1 is 1.14 bits per heavy atom. The fourth-order valence-electron chi connectivity index (χ4n) is 2.70. The molecule has 8 heteroatoms. The largest absolute Gasteiger partial charge is 0.472 e. The van der Waals surface area contributed by atoms with Gasteiger partial charge in [-0.15, -0.1) is 0 Å². The summed E-state index contributed by atoms with van der Waals surface area (Å²) in [5, 5.41) is 0. The Labute approximate surface area is 163 Å². The third-order valence-corrected chi connectivity index (χ3v) is 4.25. The van der Waals surface area contributed by atoms with E-state index in [2.05, 4.69) is 4.98 Å². The monoisotopic (exact) mass is 385 g/mol. The Kier molecular flexibility index (Phi) is 6.10. The second-order valence-corrected chi connectivity index (χ2v) is 6.55. The van der Waals surface area contributed by atoms with Gasteiger partial charge in [0, 0.05) is 43.5 Å². The number of methoxy groups -OCH3 is 1. The van der Waals surface area contributed by atoms with E-state index < -0.39 is 5.91 Å². The molecule has 1 aromatic heterocycles. The molecule has 0 unspecified atom stereocenters. The minimum Gasteiger partial charge on any atom is -0.472 e. The van der Waals surface area contributed by atoms with Crippen LogP contribution in [-0.2, 0) is 4.74 Å². The van der Waals surface area contributed by atoms with Gasteiger partial charge in [0.1, 0.15) is 11.9 Å². The number of aromatic nitrogens is 1. The van der Waals surface area contributed by atoms with Crippen molar-refractivity contribution >= 4 is 11.8 Å². The Morgan fingerprint density at radius 2 is 1.82 bits per heavy atom. The van der Waals surface area contributed by atoms with Crippen molar-refractivity contribution in [2.24, 2.45) is 5.73 Å². The zero-order chi connectivity index (χ0) is 20.1. The molecule has 1 saturated heterocycles.